The number of unbranched alkanes of at least 4 members (excludes halogenated alkanes) is 6. The highest BCUT2D eigenvalue weighted by molar-refractivity contribution is 4.90. The summed E-state index contributed by atoms with van der Waals surface area (Å²) in [6.07, 6.45) is 18.7. The molecule has 0 amide bonds. The molecule has 0 aromatic carbocycles. The summed E-state index contributed by atoms with van der Waals surface area (Å²) in [5, 5.41) is 0. The fourth-order valence-electron chi connectivity index (χ4n) is 3.88. The summed E-state index contributed by atoms with van der Waals surface area (Å²) in [6.45, 7) is 9.18. The van der Waals surface area contributed by atoms with Crippen LogP contribution in [-0.2, 0) is 0 Å². The molecule has 0 aliphatic heterocycles. The first-order valence-electron chi connectivity index (χ1n) is 9.93. The minimum Gasteiger partial charge on any atom is -0.325 e. The van der Waals surface area contributed by atoms with E-state index < -0.39 is 0 Å². The van der Waals surface area contributed by atoms with Gasteiger partial charge in [-0.05, 0) is 31.6 Å². The zero-order valence-corrected chi connectivity index (χ0v) is 15.6. The molecule has 0 radical (unpaired) electrons. The first-order valence-corrected chi connectivity index (χ1v) is 9.93. The van der Waals surface area contributed by atoms with E-state index >= 15 is 0 Å². The third kappa shape index (κ3) is 9.55. The van der Waals surface area contributed by atoms with E-state index in [9.17, 15) is 0 Å². The van der Waals surface area contributed by atoms with E-state index in [1.165, 1.54) is 89.9 Å². The summed E-state index contributed by atoms with van der Waals surface area (Å²) >= 11 is 0. The first kappa shape index (κ1) is 21.0. The van der Waals surface area contributed by atoms with Gasteiger partial charge in [0, 0.05) is 5.54 Å². The van der Waals surface area contributed by atoms with Crippen molar-refractivity contribution in [3.8, 4) is 0 Å². The van der Waals surface area contributed by atoms with Gasteiger partial charge in [0.25, 0.3) is 0 Å². The van der Waals surface area contributed by atoms with Crippen LogP contribution in [0, 0.1) is 5.92 Å². The predicted molar refractivity (Wildman–Crippen MR) is 97.7 cm³/mol. The Morgan fingerprint density at radius 2 is 1.14 bits per heavy atom. The summed E-state index contributed by atoms with van der Waals surface area (Å²) in [6, 6.07) is 0. The third-order valence-electron chi connectivity index (χ3n) is 5.04. The topological polar surface area (TPSA) is 26.0 Å². The van der Waals surface area contributed by atoms with Crippen molar-refractivity contribution < 1.29 is 0 Å². The van der Waals surface area contributed by atoms with Crippen molar-refractivity contribution in [2.45, 2.75) is 123 Å². The van der Waals surface area contributed by atoms with Crippen LogP contribution in [0.5, 0.6) is 0 Å². The number of hydrogen-bond donors (Lipinski definition) is 1. The van der Waals surface area contributed by atoms with E-state index in [1.54, 1.807) is 0 Å². The lowest BCUT2D eigenvalue weighted by Crippen LogP contribution is -2.47. The Balaban J connectivity index is 4.14. The zero-order chi connectivity index (χ0) is 16.0. The molecule has 0 heterocycles. The molecular formula is C20H43N. The molecule has 21 heavy (non-hydrogen) atoms. The molecule has 1 nitrogen and oxygen atoms in total. The van der Waals surface area contributed by atoms with Crippen molar-refractivity contribution >= 4 is 0 Å². The molecule has 0 aromatic rings. The Kier molecular flexibility index (Phi) is 13.6. The van der Waals surface area contributed by atoms with Crippen molar-refractivity contribution in [2.75, 3.05) is 0 Å². The van der Waals surface area contributed by atoms with E-state index in [1.807, 2.05) is 0 Å². The Morgan fingerprint density at radius 1 is 0.619 bits per heavy atom. The minimum atomic E-state index is 0.113. The van der Waals surface area contributed by atoms with Crippen molar-refractivity contribution in [1.29, 1.82) is 0 Å². The van der Waals surface area contributed by atoms with E-state index in [-0.39, 0.29) is 5.54 Å². The highest BCUT2D eigenvalue weighted by atomic mass is 14.8. The van der Waals surface area contributed by atoms with Crippen LogP contribution in [0.2, 0.25) is 0 Å². The van der Waals surface area contributed by atoms with Crippen molar-refractivity contribution in [3.05, 3.63) is 0 Å². The van der Waals surface area contributed by atoms with E-state index in [0.29, 0.717) is 0 Å². The smallest absolute Gasteiger partial charge is 0.0182 e. The lowest BCUT2D eigenvalue weighted by molar-refractivity contribution is 0.200. The summed E-state index contributed by atoms with van der Waals surface area (Å²) in [5.41, 5.74) is 6.94. The Hall–Kier alpha value is -0.0400. The molecule has 1 unspecified atom stereocenters. The maximum absolute atomic E-state index is 6.83. The summed E-state index contributed by atoms with van der Waals surface area (Å²) in [5.74, 6) is 0.748. The van der Waals surface area contributed by atoms with Crippen LogP contribution in [0.3, 0.4) is 0 Å². The van der Waals surface area contributed by atoms with Gasteiger partial charge in [0.2, 0.25) is 0 Å². The monoisotopic (exact) mass is 297 g/mol. The average molecular weight is 298 g/mol. The van der Waals surface area contributed by atoms with Crippen LogP contribution in [0.1, 0.15) is 118 Å². The van der Waals surface area contributed by atoms with E-state index in [0.717, 1.165) is 5.92 Å². The third-order valence-corrected chi connectivity index (χ3v) is 5.04. The number of rotatable bonds is 15. The molecule has 0 aliphatic carbocycles. The van der Waals surface area contributed by atoms with Gasteiger partial charge in [-0.15, -0.1) is 0 Å². The lowest BCUT2D eigenvalue weighted by Gasteiger charge is -2.38. The highest BCUT2D eigenvalue weighted by Crippen LogP contribution is 2.33. The quantitative estimate of drug-likeness (QED) is 0.329. The van der Waals surface area contributed by atoms with E-state index in [4.69, 9.17) is 5.73 Å². The van der Waals surface area contributed by atoms with Gasteiger partial charge in [0.15, 0.2) is 0 Å². The largest absolute Gasteiger partial charge is 0.325 e. The van der Waals surface area contributed by atoms with Gasteiger partial charge in [-0.1, -0.05) is 91.9 Å². The Labute approximate surface area is 135 Å². The molecule has 1 heteroatoms. The van der Waals surface area contributed by atoms with Crippen LogP contribution in [-0.4, -0.2) is 5.54 Å². The molecule has 0 fully saturated rings. The SMILES string of the molecule is CCCCCCCCCC(CCC)C(N)(CCC)CCC. The molecular weight excluding hydrogens is 254 g/mol. The molecule has 2 N–H and O–H groups in total. The fraction of sp³-hybridized carbons (Fsp3) is 1.00. The Morgan fingerprint density at radius 3 is 1.62 bits per heavy atom. The molecule has 0 bridgehead atoms. The normalized spacial score (nSPS) is 13.6. The van der Waals surface area contributed by atoms with Gasteiger partial charge < -0.3 is 5.73 Å². The van der Waals surface area contributed by atoms with E-state index in [2.05, 4.69) is 27.7 Å². The average Bonchev–Trinajstić information content (AvgIpc) is 2.45. The van der Waals surface area contributed by atoms with Crippen molar-refractivity contribution in [2.24, 2.45) is 11.7 Å². The molecule has 0 aromatic heterocycles. The standard InChI is InChI=1S/C20H43N/c1-5-9-10-11-12-13-14-16-19(15-6-2)20(21,17-7-3)18-8-4/h19H,5-18,21H2,1-4H3. The first-order chi connectivity index (χ1) is 10.1. The summed E-state index contributed by atoms with van der Waals surface area (Å²) in [7, 11) is 0. The van der Waals surface area contributed by atoms with Crippen molar-refractivity contribution in [1.82, 2.24) is 0 Å². The number of nitrogens with two attached hydrogens (primary N) is 1. The number of hydrogen-bond acceptors (Lipinski definition) is 1. The summed E-state index contributed by atoms with van der Waals surface area (Å²) in [4.78, 5) is 0. The van der Waals surface area contributed by atoms with Crippen LogP contribution in [0.15, 0.2) is 0 Å². The van der Waals surface area contributed by atoms with Gasteiger partial charge in [0.05, 0.1) is 0 Å². The van der Waals surface area contributed by atoms with Gasteiger partial charge in [-0.25, -0.2) is 0 Å². The molecule has 0 spiro atoms. The second-order valence-electron chi connectivity index (χ2n) is 7.13. The summed E-state index contributed by atoms with van der Waals surface area (Å²) < 4.78 is 0. The molecule has 0 aliphatic rings. The van der Waals surface area contributed by atoms with Crippen LogP contribution in [0.25, 0.3) is 0 Å². The minimum absolute atomic E-state index is 0.113. The molecule has 0 saturated heterocycles. The second kappa shape index (κ2) is 13.6. The Bertz CT molecular complexity index is 206. The maximum Gasteiger partial charge on any atom is 0.0182 e. The molecule has 0 rings (SSSR count). The molecule has 128 valence electrons. The van der Waals surface area contributed by atoms with Gasteiger partial charge >= 0.3 is 0 Å². The second-order valence-corrected chi connectivity index (χ2v) is 7.13. The maximum atomic E-state index is 6.83. The highest BCUT2D eigenvalue weighted by Gasteiger charge is 2.31. The van der Waals surface area contributed by atoms with Gasteiger partial charge in [-0.2, -0.15) is 0 Å². The zero-order valence-electron chi connectivity index (χ0n) is 15.6. The van der Waals surface area contributed by atoms with Gasteiger partial charge in [-0.3, -0.25) is 0 Å². The lowest BCUT2D eigenvalue weighted by atomic mass is 9.73. The van der Waals surface area contributed by atoms with Crippen LogP contribution < -0.4 is 5.73 Å². The fourth-order valence-corrected chi connectivity index (χ4v) is 3.88. The van der Waals surface area contributed by atoms with Crippen molar-refractivity contribution in [3.63, 3.8) is 0 Å². The van der Waals surface area contributed by atoms with Crippen LogP contribution in [0.4, 0.5) is 0 Å². The van der Waals surface area contributed by atoms with Gasteiger partial charge in [0.1, 0.15) is 0 Å². The molecule has 0 saturated carbocycles. The predicted octanol–water partition coefficient (Wildman–Crippen LogP) is 6.84. The van der Waals surface area contributed by atoms with Crippen LogP contribution >= 0.6 is 0 Å². The molecule has 1 atom stereocenters.